The van der Waals surface area contributed by atoms with Crippen molar-refractivity contribution in [1.82, 2.24) is 5.32 Å². The summed E-state index contributed by atoms with van der Waals surface area (Å²) < 4.78 is 0. The van der Waals surface area contributed by atoms with E-state index < -0.39 is 36.2 Å². The quantitative estimate of drug-likeness (QED) is 0.293. The number of halogens is 1. The molecule has 9 heteroatoms. The summed E-state index contributed by atoms with van der Waals surface area (Å²) in [6.45, 7) is 6.50. The van der Waals surface area contributed by atoms with Crippen LogP contribution in [-0.2, 0) is 19.2 Å². The first-order chi connectivity index (χ1) is 19.3. The zero-order valence-electron chi connectivity index (χ0n) is 23.4. The molecule has 0 saturated heterocycles. The molecule has 8 nitrogen and oxygen atoms in total. The molecular weight excluding hydrogens is 544 g/mol. The largest absolute Gasteiger partial charge is 0.481 e. The summed E-state index contributed by atoms with van der Waals surface area (Å²) >= 11 is 6.51. The molecule has 1 heterocycles. The molecule has 1 aliphatic heterocycles. The van der Waals surface area contributed by atoms with Crippen LogP contribution in [-0.4, -0.2) is 46.6 Å². The van der Waals surface area contributed by atoms with E-state index in [-0.39, 0.29) is 30.1 Å². The Labute approximate surface area is 244 Å². The van der Waals surface area contributed by atoms with Crippen molar-refractivity contribution in [2.45, 2.75) is 58.4 Å². The fraction of sp³-hybridized carbons (Fsp3) is 0.375. The van der Waals surface area contributed by atoms with Crippen molar-refractivity contribution in [3.05, 3.63) is 76.8 Å². The Morgan fingerprint density at radius 3 is 2.41 bits per heavy atom. The predicted octanol–water partition coefficient (Wildman–Crippen LogP) is 5.85. The highest BCUT2D eigenvalue weighted by Gasteiger charge is 2.39. The average molecular weight is 579 g/mol. The molecule has 0 spiro atoms. The van der Waals surface area contributed by atoms with Crippen molar-refractivity contribution >= 4 is 51.8 Å². The van der Waals surface area contributed by atoms with E-state index >= 15 is 0 Å². The van der Waals surface area contributed by atoms with Gasteiger partial charge in [0.1, 0.15) is 6.04 Å². The predicted molar refractivity (Wildman–Crippen MR) is 158 cm³/mol. The second kappa shape index (κ2) is 12.3. The molecule has 0 saturated carbocycles. The minimum absolute atomic E-state index is 0.223. The van der Waals surface area contributed by atoms with Gasteiger partial charge >= 0.3 is 11.9 Å². The molecule has 2 amide bonds. The number of carboxylic acid groups (broad SMARTS) is 2. The molecule has 3 aromatic rings. The van der Waals surface area contributed by atoms with Crippen molar-refractivity contribution in [2.24, 2.45) is 11.3 Å². The minimum Gasteiger partial charge on any atom is -0.481 e. The number of nitrogens with zero attached hydrogens (tertiary/aromatic N) is 1. The third kappa shape index (κ3) is 7.24. The van der Waals surface area contributed by atoms with Crippen LogP contribution in [0.25, 0.3) is 10.8 Å². The highest BCUT2D eigenvalue weighted by atomic mass is 35.5. The number of carbonyl (C=O) groups is 4. The molecule has 0 fully saturated rings. The van der Waals surface area contributed by atoms with Gasteiger partial charge in [-0.2, -0.15) is 0 Å². The highest BCUT2D eigenvalue weighted by Crippen LogP contribution is 2.45. The summed E-state index contributed by atoms with van der Waals surface area (Å²) in [4.78, 5) is 51.8. The van der Waals surface area contributed by atoms with Gasteiger partial charge in [-0.15, -0.1) is 0 Å². The molecule has 3 atom stereocenters. The van der Waals surface area contributed by atoms with Crippen molar-refractivity contribution in [3.8, 4) is 0 Å². The summed E-state index contributed by atoms with van der Waals surface area (Å²) in [5.74, 6) is -4.35. The van der Waals surface area contributed by atoms with Gasteiger partial charge in [-0.1, -0.05) is 74.8 Å². The average Bonchev–Trinajstić information content (AvgIpc) is 3.00. The third-order valence-electron chi connectivity index (χ3n) is 7.33. The minimum atomic E-state index is -1.37. The van der Waals surface area contributed by atoms with Gasteiger partial charge in [0.25, 0.3) is 0 Å². The third-order valence-corrected chi connectivity index (χ3v) is 7.57. The number of hydrogen-bond acceptors (Lipinski definition) is 4. The van der Waals surface area contributed by atoms with Crippen LogP contribution < -0.4 is 10.2 Å². The summed E-state index contributed by atoms with van der Waals surface area (Å²) in [5.41, 5.74) is 2.37. The lowest BCUT2D eigenvalue weighted by molar-refractivity contribution is -0.143. The molecule has 216 valence electrons. The van der Waals surface area contributed by atoms with Crippen LogP contribution in [0.15, 0.2) is 60.7 Å². The van der Waals surface area contributed by atoms with Crippen molar-refractivity contribution in [2.75, 3.05) is 11.4 Å². The molecule has 0 aromatic heterocycles. The van der Waals surface area contributed by atoms with Crippen LogP contribution >= 0.6 is 11.6 Å². The summed E-state index contributed by atoms with van der Waals surface area (Å²) in [7, 11) is 0. The van der Waals surface area contributed by atoms with Crippen LogP contribution in [0, 0.1) is 11.3 Å². The van der Waals surface area contributed by atoms with Crippen molar-refractivity contribution in [3.63, 3.8) is 0 Å². The van der Waals surface area contributed by atoms with E-state index in [0.29, 0.717) is 18.0 Å². The Morgan fingerprint density at radius 2 is 1.73 bits per heavy atom. The lowest BCUT2D eigenvalue weighted by atomic mass is 9.81. The first kappa shape index (κ1) is 30.1. The van der Waals surface area contributed by atoms with Crippen LogP contribution in [0.2, 0.25) is 5.02 Å². The van der Waals surface area contributed by atoms with E-state index in [1.807, 2.05) is 75.4 Å². The van der Waals surface area contributed by atoms with Gasteiger partial charge in [-0.05, 0) is 58.4 Å². The summed E-state index contributed by atoms with van der Waals surface area (Å²) in [6, 6.07) is 18.2. The number of nitrogens with one attached hydrogen (secondary N) is 1. The number of hydrogen-bond donors (Lipinski definition) is 3. The maximum Gasteiger partial charge on any atom is 0.326 e. The van der Waals surface area contributed by atoms with Crippen LogP contribution in [0.1, 0.15) is 63.5 Å². The molecule has 1 aliphatic rings. The van der Waals surface area contributed by atoms with E-state index in [4.69, 9.17) is 16.7 Å². The topological polar surface area (TPSA) is 124 Å². The van der Waals surface area contributed by atoms with Gasteiger partial charge < -0.3 is 20.4 Å². The van der Waals surface area contributed by atoms with Gasteiger partial charge in [0.05, 0.1) is 0 Å². The molecule has 0 radical (unpaired) electrons. The zero-order chi connectivity index (χ0) is 29.9. The van der Waals surface area contributed by atoms with Crippen LogP contribution in [0.3, 0.4) is 0 Å². The SMILES string of the molecule is CC(C)(C)CN1C(=O)C(CC(=O)N[C@@H](CCC(=O)O)C(=O)O)CC(c2cccc3ccccc23)c2cc(Cl)ccc21. The Hall–Kier alpha value is -3.91. The number of carboxylic acids is 2. The smallest absolute Gasteiger partial charge is 0.326 e. The molecule has 0 bridgehead atoms. The van der Waals surface area contributed by atoms with Crippen LogP contribution in [0.5, 0.6) is 0 Å². The number of benzene rings is 3. The number of carbonyl (C=O) groups excluding carboxylic acids is 2. The van der Waals surface area contributed by atoms with Gasteiger partial charge in [0.2, 0.25) is 11.8 Å². The second-order valence-corrected chi connectivity index (χ2v) is 12.3. The van der Waals surface area contributed by atoms with E-state index in [0.717, 1.165) is 27.6 Å². The molecule has 3 aromatic carbocycles. The molecule has 2 unspecified atom stereocenters. The zero-order valence-corrected chi connectivity index (χ0v) is 24.1. The van der Waals surface area contributed by atoms with E-state index in [1.165, 1.54) is 0 Å². The first-order valence-electron chi connectivity index (χ1n) is 13.7. The fourth-order valence-electron chi connectivity index (χ4n) is 5.56. The van der Waals surface area contributed by atoms with Gasteiger partial charge in [0.15, 0.2) is 0 Å². The maximum atomic E-state index is 14.2. The first-order valence-corrected chi connectivity index (χ1v) is 14.0. The Morgan fingerprint density at radius 1 is 1.02 bits per heavy atom. The fourth-order valence-corrected chi connectivity index (χ4v) is 5.74. The lowest BCUT2D eigenvalue weighted by Gasteiger charge is -2.32. The number of aliphatic carboxylic acids is 2. The molecule has 0 aliphatic carbocycles. The van der Waals surface area contributed by atoms with Crippen molar-refractivity contribution in [1.29, 1.82) is 0 Å². The van der Waals surface area contributed by atoms with E-state index in [9.17, 15) is 24.3 Å². The standard InChI is InChI=1S/C32H35ClN2O6/c1-32(2,3)18-35-27-13-11-21(33)17-25(27)24(23-10-6-8-19-7-4-5-9-22(19)23)15-20(30(35)39)16-28(36)34-26(31(40)41)12-14-29(37)38/h4-11,13,17,20,24,26H,12,14-16,18H2,1-3H3,(H,34,36)(H,37,38)(H,40,41)/t20?,24?,26-/m0/s1. The Bertz CT molecular complexity index is 1480. The normalized spacial score (nSPS) is 18.0. The number of amides is 2. The van der Waals surface area contributed by atoms with Crippen molar-refractivity contribution < 1.29 is 29.4 Å². The van der Waals surface area contributed by atoms with E-state index in [2.05, 4.69) is 5.32 Å². The summed E-state index contributed by atoms with van der Waals surface area (Å²) in [6.07, 6.45) is -0.591. The monoisotopic (exact) mass is 578 g/mol. The van der Waals surface area contributed by atoms with Crippen LogP contribution in [0.4, 0.5) is 5.69 Å². The molecule has 41 heavy (non-hydrogen) atoms. The second-order valence-electron chi connectivity index (χ2n) is 11.8. The van der Waals surface area contributed by atoms with Gasteiger partial charge in [-0.25, -0.2) is 4.79 Å². The maximum absolute atomic E-state index is 14.2. The van der Waals surface area contributed by atoms with Gasteiger partial charge in [0, 0.05) is 41.9 Å². The van der Waals surface area contributed by atoms with E-state index in [1.54, 1.807) is 11.0 Å². The molecular formula is C32H35ClN2O6. The highest BCUT2D eigenvalue weighted by molar-refractivity contribution is 6.30. The lowest BCUT2D eigenvalue weighted by Crippen LogP contribution is -2.45. The van der Waals surface area contributed by atoms with Gasteiger partial charge in [-0.3, -0.25) is 14.4 Å². The number of anilines is 1. The Balaban J connectivity index is 1.78. The molecule has 4 rings (SSSR count). The molecule has 3 N–H and O–H groups in total. The number of rotatable bonds is 9. The number of fused-ring (bicyclic) bond motifs is 2. The summed E-state index contributed by atoms with van der Waals surface area (Å²) in [5, 5.41) is 23.6. The Kier molecular flexibility index (Phi) is 9.02.